The molecule has 2 aromatic rings. The molecule has 0 atom stereocenters. The lowest BCUT2D eigenvalue weighted by molar-refractivity contribution is -0.274. The molecule has 0 aromatic heterocycles. The van der Waals surface area contributed by atoms with Gasteiger partial charge in [-0.3, -0.25) is 0 Å². The lowest BCUT2D eigenvalue weighted by Crippen LogP contribution is -2.29. The van der Waals surface area contributed by atoms with Crippen molar-refractivity contribution >= 4 is 11.7 Å². The van der Waals surface area contributed by atoms with E-state index in [1.165, 1.54) is 36.4 Å². The van der Waals surface area contributed by atoms with Crippen molar-refractivity contribution in [2.24, 2.45) is 0 Å². The molecule has 0 aliphatic heterocycles. The van der Waals surface area contributed by atoms with E-state index in [1.807, 2.05) is 0 Å². The van der Waals surface area contributed by atoms with E-state index in [1.54, 1.807) is 6.07 Å². The van der Waals surface area contributed by atoms with Crippen LogP contribution in [0.5, 0.6) is 11.5 Å². The number of anilines is 1. The molecular formula is C16H13F5N2O3. The lowest BCUT2D eigenvalue weighted by Gasteiger charge is -2.15. The molecule has 2 rings (SSSR count). The van der Waals surface area contributed by atoms with E-state index in [-0.39, 0.29) is 23.5 Å². The molecule has 0 radical (unpaired) electrons. The molecule has 2 amide bonds. The van der Waals surface area contributed by atoms with Gasteiger partial charge in [0.05, 0.1) is 5.69 Å². The number of nitrogens with one attached hydrogen (secondary N) is 2. The number of para-hydroxylation sites is 3. The summed E-state index contributed by atoms with van der Waals surface area (Å²) in [5.41, 5.74) is 0.0576. The molecular weight excluding hydrogens is 363 g/mol. The summed E-state index contributed by atoms with van der Waals surface area (Å²) in [6, 6.07) is 9.91. The molecule has 140 valence electrons. The molecule has 0 saturated heterocycles. The van der Waals surface area contributed by atoms with Crippen molar-refractivity contribution in [2.75, 3.05) is 5.32 Å². The maximum Gasteiger partial charge on any atom is 0.573 e. The van der Waals surface area contributed by atoms with Crippen LogP contribution in [-0.2, 0) is 6.54 Å². The fourth-order valence-electron chi connectivity index (χ4n) is 1.99. The van der Waals surface area contributed by atoms with Crippen LogP contribution in [-0.4, -0.2) is 19.0 Å². The SMILES string of the molecule is O=C(NCc1ccccc1OC(F)F)Nc1ccccc1OC(F)(F)F. The van der Waals surface area contributed by atoms with Crippen molar-refractivity contribution in [1.29, 1.82) is 0 Å². The molecule has 0 bridgehead atoms. The van der Waals surface area contributed by atoms with E-state index in [0.29, 0.717) is 0 Å². The Labute approximate surface area is 144 Å². The topological polar surface area (TPSA) is 59.6 Å². The van der Waals surface area contributed by atoms with E-state index in [4.69, 9.17) is 0 Å². The zero-order chi connectivity index (χ0) is 19.2. The van der Waals surface area contributed by atoms with Crippen LogP contribution in [0.1, 0.15) is 5.56 Å². The van der Waals surface area contributed by atoms with Crippen molar-refractivity contribution < 1.29 is 36.2 Å². The molecule has 5 nitrogen and oxygen atoms in total. The molecule has 2 aromatic carbocycles. The standard InChI is InChI=1S/C16H13F5N2O3/c17-14(18)25-12-7-3-1-5-10(12)9-22-15(24)23-11-6-2-4-8-13(11)26-16(19,20)21/h1-8,14H,9H2,(H2,22,23,24). The molecule has 0 spiro atoms. The number of hydrogen-bond donors (Lipinski definition) is 2. The van der Waals surface area contributed by atoms with Gasteiger partial charge in [-0.05, 0) is 18.2 Å². The minimum Gasteiger partial charge on any atom is -0.434 e. The number of amides is 2. The average Bonchev–Trinajstić information content (AvgIpc) is 2.54. The van der Waals surface area contributed by atoms with Crippen LogP contribution >= 0.6 is 0 Å². The number of carbonyl (C=O) groups is 1. The number of urea groups is 1. The summed E-state index contributed by atoms with van der Waals surface area (Å²) in [5.74, 6) is -0.708. The molecule has 10 heteroatoms. The van der Waals surface area contributed by atoms with Crippen LogP contribution in [0.15, 0.2) is 48.5 Å². The summed E-state index contributed by atoms with van der Waals surface area (Å²) in [4.78, 5) is 11.9. The smallest absolute Gasteiger partial charge is 0.434 e. The molecule has 0 unspecified atom stereocenters. The van der Waals surface area contributed by atoms with E-state index < -0.39 is 24.8 Å². The molecule has 0 saturated carbocycles. The van der Waals surface area contributed by atoms with Gasteiger partial charge in [-0.1, -0.05) is 30.3 Å². The first-order valence-corrected chi connectivity index (χ1v) is 7.17. The van der Waals surface area contributed by atoms with Crippen molar-refractivity contribution in [3.63, 3.8) is 0 Å². The Bertz CT molecular complexity index is 753. The lowest BCUT2D eigenvalue weighted by atomic mass is 10.2. The Morgan fingerprint density at radius 1 is 1.00 bits per heavy atom. The minimum atomic E-state index is -4.92. The van der Waals surface area contributed by atoms with Crippen molar-refractivity contribution in [3.8, 4) is 11.5 Å². The summed E-state index contributed by atoms with van der Waals surface area (Å²) >= 11 is 0. The highest BCUT2D eigenvalue weighted by Crippen LogP contribution is 2.29. The molecule has 0 aliphatic carbocycles. The second-order valence-corrected chi connectivity index (χ2v) is 4.84. The van der Waals surface area contributed by atoms with Crippen LogP contribution in [0, 0.1) is 0 Å². The van der Waals surface area contributed by atoms with E-state index in [0.717, 1.165) is 6.07 Å². The van der Waals surface area contributed by atoms with Crippen LogP contribution in [0.2, 0.25) is 0 Å². The van der Waals surface area contributed by atoms with Gasteiger partial charge in [0, 0.05) is 12.1 Å². The average molecular weight is 376 g/mol. The Morgan fingerprint density at radius 2 is 1.62 bits per heavy atom. The van der Waals surface area contributed by atoms with Gasteiger partial charge < -0.3 is 20.1 Å². The maximum absolute atomic E-state index is 12.4. The number of rotatable bonds is 6. The highest BCUT2D eigenvalue weighted by atomic mass is 19.4. The maximum atomic E-state index is 12.4. The van der Waals surface area contributed by atoms with Crippen LogP contribution < -0.4 is 20.1 Å². The van der Waals surface area contributed by atoms with Gasteiger partial charge in [0.15, 0.2) is 5.75 Å². The van der Waals surface area contributed by atoms with Gasteiger partial charge in [0.2, 0.25) is 0 Å². The number of halogens is 5. The number of hydrogen-bond acceptors (Lipinski definition) is 3. The predicted octanol–water partition coefficient (Wildman–Crippen LogP) is 4.51. The number of alkyl halides is 5. The highest BCUT2D eigenvalue weighted by Gasteiger charge is 2.32. The molecule has 0 fully saturated rings. The van der Waals surface area contributed by atoms with Crippen molar-refractivity contribution in [3.05, 3.63) is 54.1 Å². The third-order valence-electron chi connectivity index (χ3n) is 2.99. The van der Waals surface area contributed by atoms with Gasteiger partial charge >= 0.3 is 19.0 Å². The molecule has 26 heavy (non-hydrogen) atoms. The Morgan fingerprint density at radius 3 is 2.27 bits per heavy atom. The van der Waals surface area contributed by atoms with Gasteiger partial charge in [0.25, 0.3) is 0 Å². The summed E-state index contributed by atoms with van der Waals surface area (Å²) < 4.78 is 69.9. The third kappa shape index (κ3) is 6.11. The Hall–Kier alpha value is -3.04. The Balaban J connectivity index is 2.00. The Kier molecular flexibility index (Phi) is 6.21. The molecule has 0 heterocycles. The number of carbonyl (C=O) groups excluding carboxylic acids is 1. The van der Waals surface area contributed by atoms with Gasteiger partial charge in [-0.15, -0.1) is 13.2 Å². The number of benzene rings is 2. The predicted molar refractivity (Wildman–Crippen MR) is 82.1 cm³/mol. The summed E-state index contributed by atoms with van der Waals surface area (Å²) in [6.07, 6.45) is -4.92. The summed E-state index contributed by atoms with van der Waals surface area (Å²) in [6.45, 7) is -3.21. The van der Waals surface area contributed by atoms with E-state index in [2.05, 4.69) is 20.1 Å². The fourth-order valence-corrected chi connectivity index (χ4v) is 1.99. The van der Waals surface area contributed by atoms with E-state index >= 15 is 0 Å². The minimum absolute atomic E-state index is 0.122. The van der Waals surface area contributed by atoms with Crippen LogP contribution in [0.25, 0.3) is 0 Å². The first kappa shape index (κ1) is 19.3. The summed E-state index contributed by atoms with van der Waals surface area (Å²) in [7, 11) is 0. The largest absolute Gasteiger partial charge is 0.573 e. The second kappa shape index (κ2) is 8.37. The highest BCUT2D eigenvalue weighted by molar-refractivity contribution is 5.90. The zero-order valence-corrected chi connectivity index (χ0v) is 13.0. The van der Waals surface area contributed by atoms with Crippen LogP contribution in [0.3, 0.4) is 0 Å². The molecule has 0 aliphatic rings. The van der Waals surface area contributed by atoms with E-state index in [9.17, 15) is 26.7 Å². The van der Waals surface area contributed by atoms with Gasteiger partial charge in [-0.2, -0.15) is 8.78 Å². The second-order valence-electron chi connectivity index (χ2n) is 4.84. The van der Waals surface area contributed by atoms with Crippen molar-refractivity contribution in [2.45, 2.75) is 19.5 Å². The number of ether oxygens (including phenoxy) is 2. The first-order valence-electron chi connectivity index (χ1n) is 7.17. The van der Waals surface area contributed by atoms with Gasteiger partial charge in [0.1, 0.15) is 5.75 Å². The zero-order valence-electron chi connectivity index (χ0n) is 13.0. The fraction of sp³-hybridized carbons (Fsp3) is 0.188. The van der Waals surface area contributed by atoms with Gasteiger partial charge in [-0.25, -0.2) is 4.79 Å². The third-order valence-corrected chi connectivity index (χ3v) is 2.99. The first-order chi connectivity index (χ1) is 12.2. The normalized spacial score (nSPS) is 11.2. The quantitative estimate of drug-likeness (QED) is 0.730. The molecule has 2 N–H and O–H groups in total. The van der Waals surface area contributed by atoms with Crippen LogP contribution in [0.4, 0.5) is 32.4 Å². The summed E-state index contributed by atoms with van der Waals surface area (Å²) in [5, 5.41) is 4.54. The van der Waals surface area contributed by atoms with Crippen molar-refractivity contribution in [1.82, 2.24) is 5.32 Å². The monoisotopic (exact) mass is 376 g/mol.